The normalized spacial score (nSPS) is 31.0. The van der Waals surface area contributed by atoms with Gasteiger partial charge in [-0.3, -0.25) is 19.3 Å². The lowest BCUT2D eigenvalue weighted by molar-refractivity contribution is -0.142. The summed E-state index contributed by atoms with van der Waals surface area (Å²) in [6.45, 7) is 2.68. The molecule has 2 N–H and O–H groups in total. The van der Waals surface area contributed by atoms with E-state index in [9.17, 15) is 14.4 Å². The molecule has 3 aliphatic rings. The van der Waals surface area contributed by atoms with E-state index < -0.39 is 0 Å². The highest BCUT2D eigenvalue weighted by Gasteiger charge is 2.62. The molecule has 0 saturated carbocycles. The SMILES string of the molecule is COCCNCCNC(=O)CCN1C(=O)C2C3CCC(O3)C2C1=O. The van der Waals surface area contributed by atoms with Crippen LogP contribution in [0, 0.1) is 11.8 Å². The number of likely N-dealkylation sites (tertiary alicyclic amines) is 1. The lowest BCUT2D eigenvalue weighted by atomic mass is 9.81. The molecule has 3 amide bonds. The summed E-state index contributed by atoms with van der Waals surface area (Å²) in [6.07, 6.45) is 1.65. The van der Waals surface area contributed by atoms with Gasteiger partial charge in [0.1, 0.15) is 0 Å². The molecule has 3 heterocycles. The van der Waals surface area contributed by atoms with E-state index in [-0.39, 0.29) is 54.7 Å². The molecule has 3 rings (SSSR count). The molecule has 0 radical (unpaired) electrons. The van der Waals surface area contributed by atoms with Gasteiger partial charge in [-0.15, -0.1) is 0 Å². The highest BCUT2D eigenvalue weighted by Crippen LogP contribution is 2.48. The number of carbonyl (C=O) groups excluding carboxylic acids is 3. The molecule has 4 unspecified atom stereocenters. The summed E-state index contributed by atoms with van der Waals surface area (Å²) in [6, 6.07) is 0. The highest BCUT2D eigenvalue weighted by atomic mass is 16.5. The Morgan fingerprint density at radius 1 is 1.17 bits per heavy atom. The highest BCUT2D eigenvalue weighted by molar-refractivity contribution is 6.06. The molecular weight excluding hydrogens is 314 g/mol. The van der Waals surface area contributed by atoms with Crippen molar-refractivity contribution in [1.82, 2.24) is 15.5 Å². The number of hydrogen-bond acceptors (Lipinski definition) is 6. The maximum atomic E-state index is 12.4. The molecule has 4 atom stereocenters. The van der Waals surface area contributed by atoms with Crippen LogP contribution in [0.1, 0.15) is 19.3 Å². The summed E-state index contributed by atoms with van der Waals surface area (Å²) in [4.78, 5) is 38.0. The van der Waals surface area contributed by atoms with E-state index in [1.54, 1.807) is 7.11 Å². The van der Waals surface area contributed by atoms with Gasteiger partial charge in [-0.2, -0.15) is 0 Å². The first-order valence-electron chi connectivity index (χ1n) is 8.60. The van der Waals surface area contributed by atoms with Crippen LogP contribution in [0.3, 0.4) is 0 Å². The topological polar surface area (TPSA) is 97.0 Å². The molecule has 3 saturated heterocycles. The fourth-order valence-corrected chi connectivity index (χ4v) is 3.89. The van der Waals surface area contributed by atoms with E-state index in [4.69, 9.17) is 9.47 Å². The molecular formula is C16H25N3O5. The molecule has 3 fully saturated rings. The largest absolute Gasteiger partial charge is 0.383 e. The van der Waals surface area contributed by atoms with Crippen molar-refractivity contribution in [1.29, 1.82) is 0 Å². The molecule has 0 spiro atoms. The van der Waals surface area contributed by atoms with Crippen LogP contribution in [0.5, 0.6) is 0 Å². The van der Waals surface area contributed by atoms with Crippen LogP contribution in [0.25, 0.3) is 0 Å². The Hall–Kier alpha value is -1.51. The minimum atomic E-state index is -0.315. The van der Waals surface area contributed by atoms with E-state index in [2.05, 4.69) is 10.6 Å². The van der Waals surface area contributed by atoms with Crippen LogP contribution in [0.2, 0.25) is 0 Å². The molecule has 0 aromatic carbocycles. The van der Waals surface area contributed by atoms with Gasteiger partial charge in [0.25, 0.3) is 0 Å². The van der Waals surface area contributed by atoms with Gasteiger partial charge in [0.05, 0.1) is 30.7 Å². The van der Waals surface area contributed by atoms with Crippen LogP contribution < -0.4 is 10.6 Å². The van der Waals surface area contributed by atoms with Crippen LogP contribution in [-0.4, -0.2) is 74.7 Å². The van der Waals surface area contributed by atoms with E-state index in [0.717, 1.165) is 19.4 Å². The smallest absolute Gasteiger partial charge is 0.235 e. The Bertz CT molecular complexity index is 484. The molecule has 8 nitrogen and oxygen atoms in total. The van der Waals surface area contributed by atoms with Crippen molar-refractivity contribution in [2.45, 2.75) is 31.5 Å². The van der Waals surface area contributed by atoms with Gasteiger partial charge in [0.2, 0.25) is 17.7 Å². The maximum absolute atomic E-state index is 12.4. The minimum absolute atomic E-state index is 0.103. The van der Waals surface area contributed by atoms with Crippen molar-refractivity contribution in [3.8, 4) is 0 Å². The third-order valence-electron chi connectivity index (χ3n) is 5.05. The zero-order valence-electron chi connectivity index (χ0n) is 14.0. The Morgan fingerprint density at radius 2 is 1.83 bits per heavy atom. The van der Waals surface area contributed by atoms with Gasteiger partial charge in [-0.1, -0.05) is 0 Å². The average molecular weight is 339 g/mol. The maximum Gasteiger partial charge on any atom is 0.235 e. The Labute approximate surface area is 141 Å². The second kappa shape index (κ2) is 7.58. The van der Waals surface area contributed by atoms with Crippen LogP contribution in [0.15, 0.2) is 0 Å². The van der Waals surface area contributed by atoms with E-state index in [1.807, 2.05) is 0 Å². The monoisotopic (exact) mass is 339 g/mol. The van der Waals surface area contributed by atoms with Crippen LogP contribution >= 0.6 is 0 Å². The van der Waals surface area contributed by atoms with Gasteiger partial charge >= 0.3 is 0 Å². The number of hydrogen-bond donors (Lipinski definition) is 2. The van der Waals surface area contributed by atoms with Crippen molar-refractivity contribution >= 4 is 17.7 Å². The van der Waals surface area contributed by atoms with E-state index in [1.165, 1.54) is 4.90 Å². The van der Waals surface area contributed by atoms with Crippen molar-refractivity contribution in [2.75, 3.05) is 39.9 Å². The Kier molecular flexibility index (Phi) is 5.47. The molecule has 0 aromatic rings. The Morgan fingerprint density at radius 3 is 2.46 bits per heavy atom. The number of nitrogens with zero attached hydrogens (tertiary/aromatic N) is 1. The summed E-state index contributed by atoms with van der Waals surface area (Å²) in [5, 5.41) is 5.90. The lowest BCUT2D eigenvalue weighted by Crippen LogP contribution is -2.38. The Balaban J connectivity index is 1.38. The third kappa shape index (κ3) is 3.31. The van der Waals surface area contributed by atoms with Crippen molar-refractivity contribution in [3.63, 3.8) is 0 Å². The molecule has 0 aliphatic carbocycles. The van der Waals surface area contributed by atoms with Gasteiger partial charge in [-0.05, 0) is 12.8 Å². The number of carbonyl (C=O) groups is 3. The van der Waals surface area contributed by atoms with Gasteiger partial charge < -0.3 is 20.1 Å². The first-order valence-corrected chi connectivity index (χ1v) is 8.60. The molecule has 8 heteroatoms. The number of nitrogens with one attached hydrogen (secondary N) is 2. The second-order valence-electron chi connectivity index (χ2n) is 6.51. The number of methoxy groups -OCH3 is 1. The fourth-order valence-electron chi connectivity index (χ4n) is 3.89. The van der Waals surface area contributed by atoms with E-state index in [0.29, 0.717) is 19.7 Å². The number of ether oxygens (including phenoxy) is 2. The predicted molar refractivity (Wildman–Crippen MR) is 84.0 cm³/mol. The molecule has 2 bridgehead atoms. The summed E-state index contributed by atoms with van der Waals surface area (Å²) in [5.41, 5.74) is 0. The van der Waals surface area contributed by atoms with Gasteiger partial charge in [0.15, 0.2) is 0 Å². The average Bonchev–Trinajstić information content (AvgIpc) is 3.24. The zero-order chi connectivity index (χ0) is 17.1. The number of fused-ring (bicyclic) bond motifs is 5. The lowest BCUT2D eigenvalue weighted by Gasteiger charge is -2.17. The number of amides is 3. The zero-order valence-corrected chi connectivity index (χ0v) is 14.0. The second-order valence-corrected chi connectivity index (χ2v) is 6.51. The number of imide groups is 1. The van der Waals surface area contributed by atoms with Crippen molar-refractivity contribution < 1.29 is 23.9 Å². The molecule has 24 heavy (non-hydrogen) atoms. The predicted octanol–water partition coefficient (Wildman–Crippen LogP) is -1.11. The van der Waals surface area contributed by atoms with Crippen LogP contribution in [0.4, 0.5) is 0 Å². The summed E-state index contributed by atoms with van der Waals surface area (Å²) < 4.78 is 10.6. The standard InChI is InChI=1S/C16H25N3O5/c1-23-9-7-17-5-6-18-12(20)4-8-19-15(21)13-10-2-3-11(24-10)14(13)16(19)22/h10-11,13-14,17H,2-9H2,1H3,(H,18,20). The van der Waals surface area contributed by atoms with E-state index >= 15 is 0 Å². The van der Waals surface area contributed by atoms with Crippen molar-refractivity contribution in [2.24, 2.45) is 11.8 Å². The third-order valence-corrected chi connectivity index (χ3v) is 5.05. The minimum Gasteiger partial charge on any atom is -0.383 e. The summed E-state index contributed by atoms with van der Waals surface area (Å²) in [5.74, 6) is -1.11. The van der Waals surface area contributed by atoms with Gasteiger partial charge in [-0.25, -0.2) is 0 Å². The molecule has 134 valence electrons. The van der Waals surface area contributed by atoms with Crippen LogP contribution in [-0.2, 0) is 23.9 Å². The fraction of sp³-hybridized carbons (Fsp3) is 0.812. The summed E-state index contributed by atoms with van der Waals surface area (Å²) >= 11 is 0. The van der Waals surface area contributed by atoms with Crippen molar-refractivity contribution in [3.05, 3.63) is 0 Å². The number of rotatable bonds is 9. The quantitative estimate of drug-likeness (QED) is 0.408. The van der Waals surface area contributed by atoms with Gasteiger partial charge in [0, 0.05) is 39.7 Å². The first kappa shape index (κ1) is 17.3. The summed E-state index contributed by atoms with van der Waals surface area (Å²) in [7, 11) is 1.64. The molecule has 3 aliphatic heterocycles. The first-order chi connectivity index (χ1) is 11.6. The molecule has 0 aromatic heterocycles.